The summed E-state index contributed by atoms with van der Waals surface area (Å²) in [6.07, 6.45) is -0.0904. The molecule has 0 aliphatic rings. The van der Waals surface area contributed by atoms with Crippen LogP contribution in [0.4, 0.5) is 14.5 Å². The molecule has 0 aromatic heterocycles. The van der Waals surface area contributed by atoms with Gasteiger partial charge in [-0.15, -0.1) is 0 Å². The summed E-state index contributed by atoms with van der Waals surface area (Å²) in [5.74, 6) is -1.63. The second-order valence-electron chi connectivity index (χ2n) is 4.30. The fourth-order valence-corrected chi connectivity index (χ4v) is 1.97. The second kappa shape index (κ2) is 6.54. The van der Waals surface area contributed by atoms with Gasteiger partial charge in [-0.2, -0.15) is 0 Å². The van der Waals surface area contributed by atoms with E-state index in [1.165, 1.54) is 37.4 Å². The van der Waals surface area contributed by atoms with Gasteiger partial charge >= 0.3 is 0 Å². The van der Waals surface area contributed by atoms with Crippen molar-refractivity contribution in [3.63, 3.8) is 0 Å². The van der Waals surface area contributed by atoms with Crippen molar-refractivity contribution in [3.8, 4) is 5.75 Å². The smallest absolute Gasteiger partial charge is 0.228 e. The monoisotopic (exact) mass is 311 g/mol. The number of rotatable bonds is 4. The van der Waals surface area contributed by atoms with E-state index in [4.69, 9.17) is 16.3 Å². The van der Waals surface area contributed by atoms with E-state index in [2.05, 4.69) is 5.32 Å². The van der Waals surface area contributed by atoms with Crippen LogP contribution in [0.2, 0.25) is 5.02 Å². The number of carbonyl (C=O) groups excluding carboxylic acids is 1. The van der Waals surface area contributed by atoms with Gasteiger partial charge in [0.05, 0.1) is 24.2 Å². The summed E-state index contributed by atoms with van der Waals surface area (Å²) >= 11 is 5.62. The van der Waals surface area contributed by atoms with E-state index in [1.54, 1.807) is 6.07 Å². The van der Waals surface area contributed by atoms with Crippen molar-refractivity contribution < 1.29 is 18.3 Å². The number of ether oxygens (including phenoxy) is 1. The summed E-state index contributed by atoms with van der Waals surface area (Å²) in [5, 5.41) is 2.32. The molecule has 2 aromatic carbocycles. The summed E-state index contributed by atoms with van der Waals surface area (Å²) in [7, 11) is 1.35. The Balaban J connectivity index is 2.08. The van der Waals surface area contributed by atoms with Gasteiger partial charge in [-0.1, -0.05) is 23.7 Å². The molecule has 110 valence electrons. The Bertz CT molecular complexity index is 677. The molecule has 0 saturated carbocycles. The van der Waals surface area contributed by atoms with Crippen LogP contribution in [-0.4, -0.2) is 13.0 Å². The van der Waals surface area contributed by atoms with Gasteiger partial charge in [0.2, 0.25) is 5.91 Å². The van der Waals surface area contributed by atoms with Crippen molar-refractivity contribution in [3.05, 3.63) is 58.6 Å². The minimum Gasteiger partial charge on any atom is -0.494 e. The van der Waals surface area contributed by atoms with E-state index >= 15 is 0 Å². The van der Waals surface area contributed by atoms with E-state index in [0.717, 1.165) is 0 Å². The molecule has 0 saturated heterocycles. The molecule has 0 atom stereocenters. The Labute approximate surface area is 125 Å². The largest absolute Gasteiger partial charge is 0.494 e. The molecule has 21 heavy (non-hydrogen) atoms. The van der Waals surface area contributed by atoms with Crippen molar-refractivity contribution >= 4 is 23.2 Å². The molecule has 2 aromatic rings. The van der Waals surface area contributed by atoms with Crippen LogP contribution in [0.15, 0.2) is 36.4 Å². The third-order valence-electron chi connectivity index (χ3n) is 2.81. The molecular weight excluding hydrogens is 300 g/mol. The molecule has 0 fully saturated rings. The maximum Gasteiger partial charge on any atom is 0.228 e. The lowest BCUT2D eigenvalue weighted by Crippen LogP contribution is -2.15. The molecule has 0 unspecified atom stereocenters. The zero-order valence-corrected chi connectivity index (χ0v) is 11.9. The summed E-state index contributed by atoms with van der Waals surface area (Å²) < 4.78 is 31.9. The lowest BCUT2D eigenvalue weighted by Gasteiger charge is -2.08. The molecule has 6 heteroatoms. The average Bonchev–Trinajstić information content (AvgIpc) is 2.44. The van der Waals surface area contributed by atoms with Gasteiger partial charge in [-0.3, -0.25) is 4.79 Å². The molecule has 0 aliphatic carbocycles. The van der Waals surface area contributed by atoms with E-state index in [1.807, 2.05) is 0 Å². The van der Waals surface area contributed by atoms with E-state index < -0.39 is 17.5 Å². The second-order valence-corrected chi connectivity index (χ2v) is 4.70. The number of carbonyl (C=O) groups is 1. The Morgan fingerprint density at radius 1 is 1.29 bits per heavy atom. The number of amides is 1. The van der Waals surface area contributed by atoms with E-state index in [0.29, 0.717) is 5.56 Å². The highest BCUT2D eigenvalue weighted by molar-refractivity contribution is 6.31. The van der Waals surface area contributed by atoms with E-state index in [9.17, 15) is 13.6 Å². The summed E-state index contributed by atoms with van der Waals surface area (Å²) in [6, 6.07) is 8.49. The van der Waals surface area contributed by atoms with Gasteiger partial charge < -0.3 is 10.1 Å². The Hall–Kier alpha value is -2.14. The number of hydrogen-bond donors (Lipinski definition) is 1. The predicted molar refractivity (Wildman–Crippen MR) is 76.7 cm³/mol. The van der Waals surface area contributed by atoms with Gasteiger partial charge in [0.15, 0.2) is 17.4 Å². The Kier molecular flexibility index (Phi) is 4.75. The van der Waals surface area contributed by atoms with Crippen LogP contribution in [-0.2, 0) is 11.2 Å². The third kappa shape index (κ3) is 3.70. The summed E-state index contributed by atoms with van der Waals surface area (Å²) in [6.45, 7) is 0. The molecule has 0 radical (unpaired) electrons. The first kappa shape index (κ1) is 15.3. The van der Waals surface area contributed by atoms with Gasteiger partial charge in [0.1, 0.15) is 0 Å². The maximum atomic E-state index is 13.6. The standard InChI is InChI=1S/C15H12ClF2NO2/c1-21-13-6-5-9(7-11(13)17)8-14(20)19-12-4-2-3-10(16)15(12)18/h2-7H,8H2,1H3,(H,19,20). The highest BCUT2D eigenvalue weighted by Crippen LogP contribution is 2.22. The minimum absolute atomic E-state index is 0.0125. The number of halogens is 3. The summed E-state index contributed by atoms with van der Waals surface area (Å²) in [4.78, 5) is 11.8. The molecule has 3 nitrogen and oxygen atoms in total. The van der Waals surface area contributed by atoms with Crippen LogP contribution >= 0.6 is 11.6 Å². The number of anilines is 1. The third-order valence-corrected chi connectivity index (χ3v) is 3.10. The molecule has 1 N–H and O–H groups in total. The van der Waals surface area contributed by atoms with Crippen LogP contribution in [0.1, 0.15) is 5.56 Å². The lowest BCUT2D eigenvalue weighted by molar-refractivity contribution is -0.115. The van der Waals surface area contributed by atoms with Crippen molar-refractivity contribution in [2.24, 2.45) is 0 Å². The fourth-order valence-electron chi connectivity index (χ4n) is 1.80. The van der Waals surface area contributed by atoms with Crippen molar-refractivity contribution in [2.75, 3.05) is 12.4 Å². The minimum atomic E-state index is -0.701. The SMILES string of the molecule is COc1ccc(CC(=O)Nc2cccc(Cl)c2F)cc1F. The predicted octanol–water partition coefficient (Wildman–Crippen LogP) is 3.81. The van der Waals surface area contributed by atoms with E-state index in [-0.39, 0.29) is 22.9 Å². The van der Waals surface area contributed by atoms with Crippen molar-refractivity contribution in [1.82, 2.24) is 0 Å². The zero-order chi connectivity index (χ0) is 15.4. The number of nitrogens with one attached hydrogen (secondary N) is 1. The highest BCUT2D eigenvalue weighted by atomic mass is 35.5. The average molecular weight is 312 g/mol. The first-order chi connectivity index (χ1) is 10.0. The van der Waals surface area contributed by atoms with Gasteiger partial charge in [-0.05, 0) is 29.8 Å². The molecule has 0 bridgehead atoms. The molecule has 1 amide bonds. The highest BCUT2D eigenvalue weighted by Gasteiger charge is 2.11. The Morgan fingerprint density at radius 3 is 2.71 bits per heavy atom. The fraction of sp³-hybridized carbons (Fsp3) is 0.133. The molecule has 0 aliphatic heterocycles. The molecular formula is C15H12ClF2NO2. The van der Waals surface area contributed by atoms with Crippen LogP contribution in [0.3, 0.4) is 0 Å². The maximum absolute atomic E-state index is 13.6. The first-order valence-electron chi connectivity index (χ1n) is 6.07. The number of hydrogen-bond acceptors (Lipinski definition) is 2. The first-order valence-corrected chi connectivity index (χ1v) is 6.45. The molecule has 0 heterocycles. The van der Waals surface area contributed by atoms with Crippen LogP contribution in [0.5, 0.6) is 5.75 Å². The summed E-state index contributed by atoms with van der Waals surface area (Å²) in [5.41, 5.74) is 0.440. The topological polar surface area (TPSA) is 38.3 Å². The van der Waals surface area contributed by atoms with Gasteiger partial charge in [0.25, 0.3) is 0 Å². The zero-order valence-electron chi connectivity index (χ0n) is 11.1. The van der Waals surface area contributed by atoms with Crippen molar-refractivity contribution in [1.29, 1.82) is 0 Å². The van der Waals surface area contributed by atoms with Gasteiger partial charge in [0, 0.05) is 0 Å². The molecule has 2 rings (SSSR count). The quantitative estimate of drug-likeness (QED) is 0.932. The van der Waals surface area contributed by atoms with Crippen LogP contribution in [0, 0.1) is 11.6 Å². The Morgan fingerprint density at radius 2 is 2.05 bits per heavy atom. The molecule has 0 spiro atoms. The number of methoxy groups -OCH3 is 1. The normalized spacial score (nSPS) is 10.3. The van der Waals surface area contributed by atoms with Crippen LogP contribution < -0.4 is 10.1 Å². The van der Waals surface area contributed by atoms with Crippen LogP contribution in [0.25, 0.3) is 0 Å². The lowest BCUT2D eigenvalue weighted by atomic mass is 10.1. The number of benzene rings is 2. The van der Waals surface area contributed by atoms with Crippen molar-refractivity contribution in [2.45, 2.75) is 6.42 Å². The van der Waals surface area contributed by atoms with Gasteiger partial charge in [-0.25, -0.2) is 8.78 Å².